The number of anilines is 1. The number of benzene rings is 2. The molecule has 0 saturated carbocycles. The Labute approximate surface area is 176 Å². The molecule has 148 valence electrons. The average Bonchev–Trinajstić information content (AvgIpc) is 3.22. The third-order valence-corrected chi connectivity index (χ3v) is 6.17. The number of rotatable bonds is 8. The van der Waals surface area contributed by atoms with Crippen LogP contribution in [0.1, 0.15) is 13.8 Å². The van der Waals surface area contributed by atoms with Crippen LogP contribution in [0, 0.1) is 0 Å². The molecule has 0 aliphatic carbocycles. The largest absolute Gasteiger partial charge is 0.368 e. The molecule has 4 nitrogen and oxygen atoms in total. The van der Waals surface area contributed by atoms with Crippen molar-refractivity contribution >= 4 is 27.4 Å². The molecule has 0 radical (unpaired) electrons. The number of thiophene rings is 1. The molecule has 4 rings (SSSR count). The summed E-state index contributed by atoms with van der Waals surface area (Å²) in [7, 11) is 0. The molecule has 1 N–H and O–H groups in total. The topological polar surface area (TPSA) is 41.0 Å². The van der Waals surface area contributed by atoms with Gasteiger partial charge in [-0.15, -0.1) is 11.3 Å². The summed E-state index contributed by atoms with van der Waals surface area (Å²) in [6.07, 6.45) is 1.65. The van der Waals surface area contributed by atoms with Crippen LogP contribution >= 0.6 is 11.3 Å². The van der Waals surface area contributed by atoms with Crippen molar-refractivity contribution in [3.8, 4) is 22.3 Å². The lowest BCUT2D eigenvalue weighted by atomic mass is 10.0. The minimum Gasteiger partial charge on any atom is -0.368 e. The maximum Gasteiger partial charge on any atom is 0.138 e. The van der Waals surface area contributed by atoms with Crippen LogP contribution in [0.3, 0.4) is 0 Å². The van der Waals surface area contributed by atoms with E-state index in [1.54, 1.807) is 17.7 Å². The van der Waals surface area contributed by atoms with E-state index < -0.39 is 0 Å². The zero-order chi connectivity index (χ0) is 20.1. The molecule has 0 unspecified atom stereocenters. The predicted molar refractivity (Wildman–Crippen MR) is 125 cm³/mol. The lowest BCUT2D eigenvalue weighted by molar-refractivity contribution is 0.316. The molecule has 0 amide bonds. The van der Waals surface area contributed by atoms with E-state index in [2.05, 4.69) is 87.9 Å². The van der Waals surface area contributed by atoms with Gasteiger partial charge in [0, 0.05) is 24.0 Å². The van der Waals surface area contributed by atoms with E-state index in [1.807, 2.05) is 6.07 Å². The van der Waals surface area contributed by atoms with E-state index in [9.17, 15) is 0 Å². The molecule has 29 heavy (non-hydrogen) atoms. The van der Waals surface area contributed by atoms with E-state index in [4.69, 9.17) is 0 Å². The van der Waals surface area contributed by atoms with Gasteiger partial charge >= 0.3 is 0 Å². The minimum atomic E-state index is 0.871. The van der Waals surface area contributed by atoms with Crippen LogP contribution in [-0.2, 0) is 0 Å². The second-order valence-electron chi connectivity index (χ2n) is 6.95. The maximum atomic E-state index is 4.54. The van der Waals surface area contributed by atoms with Crippen molar-refractivity contribution in [2.24, 2.45) is 0 Å². The molecule has 5 heteroatoms. The summed E-state index contributed by atoms with van der Waals surface area (Å²) in [5.41, 5.74) is 4.84. The Bertz CT molecular complexity index is 1050. The van der Waals surface area contributed by atoms with Gasteiger partial charge in [0.25, 0.3) is 0 Å². The zero-order valence-electron chi connectivity index (χ0n) is 16.9. The van der Waals surface area contributed by atoms with Gasteiger partial charge in [0.15, 0.2) is 0 Å². The monoisotopic (exact) mass is 402 g/mol. The smallest absolute Gasteiger partial charge is 0.138 e. The van der Waals surface area contributed by atoms with Crippen molar-refractivity contribution in [1.29, 1.82) is 0 Å². The van der Waals surface area contributed by atoms with Gasteiger partial charge < -0.3 is 10.2 Å². The second-order valence-corrected chi connectivity index (χ2v) is 7.81. The van der Waals surface area contributed by atoms with Crippen molar-refractivity contribution in [2.75, 3.05) is 31.5 Å². The molecule has 0 spiro atoms. The molecule has 0 bridgehead atoms. The molecule has 2 heterocycles. The number of aromatic nitrogens is 2. The van der Waals surface area contributed by atoms with E-state index in [-0.39, 0.29) is 0 Å². The summed E-state index contributed by atoms with van der Waals surface area (Å²) in [5.74, 6) is 0.922. The van der Waals surface area contributed by atoms with Crippen molar-refractivity contribution in [1.82, 2.24) is 14.9 Å². The van der Waals surface area contributed by atoms with Crippen LogP contribution in [0.15, 0.2) is 66.3 Å². The Kier molecular flexibility index (Phi) is 6.17. The molecule has 0 aliphatic rings. The van der Waals surface area contributed by atoms with Gasteiger partial charge in [0.1, 0.15) is 17.0 Å². The number of likely N-dealkylation sites (N-methyl/N-ethyl adjacent to an activating group) is 1. The Balaban J connectivity index is 1.61. The van der Waals surface area contributed by atoms with Gasteiger partial charge in [0.05, 0.1) is 5.39 Å². The fourth-order valence-corrected chi connectivity index (χ4v) is 4.48. The zero-order valence-corrected chi connectivity index (χ0v) is 17.7. The first-order valence-electron chi connectivity index (χ1n) is 10.1. The number of fused-ring (bicyclic) bond motifs is 1. The van der Waals surface area contributed by atoms with Crippen LogP contribution < -0.4 is 5.32 Å². The van der Waals surface area contributed by atoms with Gasteiger partial charge in [-0.3, -0.25) is 0 Å². The first-order chi connectivity index (χ1) is 14.3. The van der Waals surface area contributed by atoms with E-state index >= 15 is 0 Å². The molecular formula is C24H26N4S. The summed E-state index contributed by atoms with van der Waals surface area (Å²) in [4.78, 5) is 12.5. The third kappa shape index (κ3) is 4.31. The van der Waals surface area contributed by atoms with Gasteiger partial charge in [-0.05, 0) is 29.8 Å². The van der Waals surface area contributed by atoms with Crippen LogP contribution in [0.5, 0.6) is 0 Å². The summed E-state index contributed by atoms with van der Waals surface area (Å²) < 4.78 is 0. The molecule has 0 fully saturated rings. The fourth-order valence-electron chi connectivity index (χ4n) is 3.57. The SMILES string of the molecule is CCN(CC)CCNc1ncnc2scc(-c3ccc(-c4ccccc4)cc3)c12. The highest BCUT2D eigenvalue weighted by atomic mass is 32.1. The van der Waals surface area contributed by atoms with Gasteiger partial charge in [0.2, 0.25) is 0 Å². The lowest BCUT2D eigenvalue weighted by Crippen LogP contribution is -2.28. The summed E-state index contributed by atoms with van der Waals surface area (Å²) in [5, 5.41) is 6.84. The van der Waals surface area contributed by atoms with Crippen molar-refractivity contribution in [3.05, 3.63) is 66.3 Å². The standard InChI is InChI=1S/C24H26N4S/c1-3-28(4-2)15-14-25-23-22-21(16-29-24(22)27-17-26-23)20-12-10-19(11-13-20)18-8-6-5-7-9-18/h5-13,16-17H,3-4,14-15H2,1-2H3,(H,25,26,27). The fraction of sp³-hybridized carbons (Fsp3) is 0.250. The quantitative estimate of drug-likeness (QED) is 0.406. The minimum absolute atomic E-state index is 0.871. The van der Waals surface area contributed by atoms with Gasteiger partial charge in [-0.2, -0.15) is 0 Å². The number of nitrogens with one attached hydrogen (secondary N) is 1. The van der Waals surface area contributed by atoms with E-state index in [0.29, 0.717) is 0 Å². The number of hydrogen-bond acceptors (Lipinski definition) is 5. The summed E-state index contributed by atoms with van der Waals surface area (Å²) >= 11 is 1.67. The van der Waals surface area contributed by atoms with Crippen LogP contribution in [0.4, 0.5) is 5.82 Å². The molecule has 2 aromatic carbocycles. The number of hydrogen-bond donors (Lipinski definition) is 1. The lowest BCUT2D eigenvalue weighted by Gasteiger charge is -2.18. The first-order valence-corrected chi connectivity index (χ1v) is 11.0. The summed E-state index contributed by atoms with van der Waals surface area (Å²) in [6.45, 7) is 8.40. The summed E-state index contributed by atoms with van der Waals surface area (Å²) in [6, 6.07) is 19.2. The Hall–Kier alpha value is -2.76. The van der Waals surface area contributed by atoms with Gasteiger partial charge in [-0.1, -0.05) is 68.4 Å². The highest BCUT2D eigenvalue weighted by molar-refractivity contribution is 7.17. The van der Waals surface area contributed by atoms with Crippen LogP contribution in [-0.4, -0.2) is 41.0 Å². The number of nitrogens with zero attached hydrogens (tertiary/aromatic N) is 3. The van der Waals surface area contributed by atoms with E-state index in [1.165, 1.54) is 22.3 Å². The Morgan fingerprint density at radius 3 is 2.28 bits per heavy atom. The molecule has 4 aromatic rings. The Morgan fingerprint density at radius 2 is 1.55 bits per heavy atom. The van der Waals surface area contributed by atoms with Crippen LogP contribution in [0.25, 0.3) is 32.5 Å². The van der Waals surface area contributed by atoms with Gasteiger partial charge in [-0.25, -0.2) is 9.97 Å². The van der Waals surface area contributed by atoms with Crippen LogP contribution in [0.2, 0.25) is 0 Å². The molecule has 0 aliphatic heterocycles. The first kappa shape index (κ1) is 19.6. The van der Waals surface area contributed by atoms with Crippen molar-refractivity contribution < 1.29 is 0 Å². The molecule has 0 atom stereocenters. The normalized spacial score (nSPS) is 11.3. The second kappa shape index (κ2) is 9.16. The van der Waals surface area contributed by atoms with Crippen molar-refractivity contribution in [3.63, 3.8) is 0 Å². The molecule has 2 aromatic heterocycles. The Morgan fingerprint density at radius 1 is 0.862 bits per heavy atom. The maximum absolute atomic E-state index is 4.54. The highest BCUT2D eigenvalue weighted by Gasteiger charge is 2.13. The highest BCUT2D eigenvalue weighted by Crippen LogP contribution is 2.37. The van der Waals surface area contributed by atoms with Crippen molar-refractivity contribution in [2.45, 2.75) is 13.8 Å². The van der Waals surface area contributed by atoms with E-state index in [0.717, 1.165) is 42.2 Å². The molecular weight excluding hydrogens is 376 g/mol. The predicted octanol–water partition coefficient (Wildman–Crippen LogP) is 5.78. The molecule has 0 saturated heterocycles. The third-order valence-electron chi connectivity index (χ3n) is 5.29. The average molecular weight is 403 g/mol.